The van der Waals surface area contributed by atoms with Crippen LogP contribution in [0.4, 0.5) is 0 Å². The Morgan fingerprint density at radius 3 is 2.81 bits per heavy atom. The van der Waals surface area contributed by atoms with Gasteiger partial charge >= 0.3 is 5.97 Å². The van der Waals surface area contributed by atoms with E-state index in [4.69, 9.17) is 5.11 Å². The maximum atomic E-state index is 10.6. The number of nitrogens with one attached hydrogen (secondary N) is 1. The molecule has 0 radical (unpaired) electrons. The van der Waals surface area contributed by atoms with Crippen molar-refractivity contribution in [2.24, 2.45) is 0 Å². The number of hydrogen-bond donors (Lipinski definition) is 3. The van der Waals surface area contributed by atoms with Gasteiger partial charge in [0.1, 0.15) is 5.75 Å². The minimum absolute atomic E-state index is 0.0540. The molecule has 0 aliphatic carbocycles. The van der Waals surface area contributed by atoms with Crippen molar-refractivity contribution in [1.29, 1.82) is 0 Å². The van der Waals surface area contributed by atoms with Crippen LogP contribution >= 0.6 is 0 Å². The Kier molecular flexibility index (Phi) is 4.37. The van der Waals surface area contributed by atoms with E-state index in [1.54, 1.807) is 0 Å². The van der Waals surface area contributed by atoms with Gasteiger partial charge in [0, 0.05) is 13.0 Å². The number of carboxylic acid groups (broad SMARTS) is 1. The highest BCUT2D eigenvalue weighted by Gasteiger charge is 2.05. The number of rotatable bonds is 3. The lowest BCUT2D eigenvalue weighted by molar-refractivity contribution is 0.0696. The number of benzene rings is 1. The first-order valence-corrected chi connectivity index (χ1v) is 4.85. The molecule has 0 aliphatic rings. The highest BCUT2D eigenvalue weighted by atomic mass is 16.4. The Morgan fingerprint density at radius 1 is 1.50 bits per heavy atom. The summed E-state index contributed by atoms with van der Waals surface area (Å²) in [6, 6.07) is 4.12. The van der Waals surface area contributed by atoms with Crippen molar-refractivity contribution in [3.63, 3.8) is 0 Å². The molecule has 0 atom stereocenters. The molecule has 1 rings (SSSR count). The van der Waals surface area contributed by atoms with Crippen LogP contribution in [0, 0.1) is 11.8 Å². The molecule has 0 aromatic heterocycles. The van der Waals surface area contributed by atoms with Crippen LogP contribution in [0.3, 0.4) is 0 Å². The van der Waals surface area contributed by atoms with Crippen molar-refractivity contribution in [3.05, 3.63) is 29.3 Å². The standard InChI is InChI=1S/C12H13NO3/c1-13-7-3-2-4-9-5-6-10(12(15)16)8-11(9)14/h5-6,8,13-14H,3,7H2,1H3,(H,15,16). The summed E-state index contributed by atoms with van der Waals surface area (Å²) in [6.45, 7) is 0.779. The molecule has 1 aromatic carbocycles. The van der Waals surface area contributed by atoms with Gasteiger partial charge in [-0.1, -0.05) is 11.8 Å². The fourth-order valence-corrected chi connectivity index (χ4v) is 1.12. The van der Waals surface area contributed by atoms with Crippen molar-refractivity contribution in [1.82, 2.24) is 5.32 Å². The third-order valence-corrected chi connectivity index (χ3v) is 1.97. The normalized spacial score (nSPS) is 9.31. The van der Waals surface area contributed by atoms with Crippen LogP contribution in [0.25, 0.3) is 0 Å². The summed E-state index contributed by atoms with van der Waals surface area (Å²) >= 11 is 0. The molecular weight excluding hydrogens is 206 g/mol. The lowest BCUT2D eigenvalue weighted by atomic mass is 10.1. The molecule has 84 valence electrons. The number of phenolic OH excluding ortho intramolecular Hbond substituents is 1. The van der Waals surface area contributed by atoms with E-state index in [0.717, 1.165) is 6.54 Å². The Morgan fingerprint density at radius 2 is 2.25 bits per heavy atom. The van der Waals surface area contributed by atoms with E-state index in [9.17, 15) is 9.90 Å². The zero-order valence-corrected chi connectivity index (χ0v) is 8.95. The molecule has 1 aromatic rings. The van der Waals surface area contributed by atoms with E-state index in [-0.39, 0.29) is 11.3 Å². The van der Waals surface area contributed by atoms with Gasteiger partial charge in [-0.3, -0.25) is 0 Å². The molecular formula is C12H13NO3. The van der Waals surface area contributed by atoms with Crippen LogP contribution < -0.4 is 5.32 Å². The van der Waals surface area contributed by atoms with Gasteiger partial charge in [-0.05, 0) is 25.2 Å². The van der Waals surface area contributed by atoms with E-state index >= 15 is 0 Å². The maximum Gasteiger partial charge on any atom is 0.335 e. The van der Waals surface area contributed by atoms with E-state index in [1.165, 1.54) is 18.2 Å². The fourth-order valence-electron chi connectivity index (χ4n) is 1.12. The Labute approximate surface area is 93.9 Å². The van der Waals surface area contributed by atoms with E-state index in [0.29, 0.717) is 12.0 Å². The molecule has 3 N–H and O–H groups in total. The average Bonchev–Trinajstić information content (AvgIpc) is 2.26. The van der Waals surface area contributed by atoms with Gasteiger partial charge in [-0.2, -0.15) is 0 Å². The van der Waals surface area contributed by atoms with Gasteiger partial charge in [-0.25, -0.2) is 4.79 Å². The molecule has 0 unspecified atom stereocenters. The van der Waals surface area contributed by atoms with Crippen molar-refractivity contribution >= 4 is 5.97 Å². The first kappa shape index (κ1) is 12.1. The van der Waals surface area contributed by atoms with E-state index < -0.39 is 5.97 Å². The molecule has 0 aliphatic heterocycles. The molecule has 0 heterocycles. The lowest BCUT2D eigenvalue weighted by Crippen LogP contribution is -2.05. The highest BCUT2D eigenvalue weighted by molar-refractivity contribution is 5.88. The Bertz CT molecular complexity index is 443. The number of carboxylic acids is 1. The predicted octanol–water partition coefficient (Wildman–Crippen LogP) is 1.05. The van der Waals surface area contributed by atoms with E-state index in [2.05, 4.69) is 17.2 Å². The molecule has 0 fully saturated rings. The zero-order chi connectivity index (χ0) is 12.0. The lowest BCUT2D eigenvalue weighted by Gasteiger charge is -1.98. The average molecular weight is 219 g/mol. The van der Waals surface area contributed by atoms with Gasteiger partial charge in [0.25, 0.3) is 0 Å². The van der Waals surface area contributed by atoms with Gasteiger partial charge in [0.2, 0.25) is 0 Å². The van der Waals surface area contributed by atoms with Crippen LogP contribution in [0.15, 0.2) is 18.2 Å². The number of phenols is 1. The quantitative estimate of drug-likeness (QED) is 0.525. The van der Waals surface area contributed by atoms with Gasteiger partial charge in [0.15, 0.2) is 0 Å². The number of aromatic carboxylic acids is 1. The van der Waals surface area contributed by atoms with Gasteiger partial charge in [0.05, 0.1) is 11.1 Å². The van der Waals surface area contributed by atoms with Crippen molar-refractivity contribution < 1.29 is 15.0 Å². The van der Waals surface area contributed by atoms with Gasteiger partial charge < -0.3 is 15.5 Å². The van der Waals surface area contributed by atoms with Crippen molar-refractivity contribution in [2.45, 2.75) is 6.42 Å². The third-order valence-electron chi connectivity index (χ3n) is 1.97. The zero-order valence-electron chi connectivity index (χ0n) is 8.95. The molecule has 4 nitrogen and oxygen atoms in total. The van der Waals surface area contributed by atoms with Crippen molar-refractivity contribution in [3.8, 4) is 17.6 Å². The minimum Gasteiger partial charge on any atom is -0.507 e. The van der Waals surface area contributed by atoms with E-state index in [1.807, 2.05) is 7.05 Å². The molecule has 0 amide bonds. The first-order valence-electron chi connectivity index (χ1n) is 4.85. The third kappa shape index (κ3) is 3.30. The second-order valence-corrected chi connectivity index (χ2v) is 3.19. The highest BCUT2D eigenvalue weighted by Crippen LogP contribution is 2.17. The summed E-state index contributed by atoms with van der Waals surface area (Å²) in [6.07, 6.45) is 0.677. The smallest absolute Gasteiger partial charge is 0.335 e. The predicted molar refractivity (Wildman–Crippen MR) is 60.5 cm³/mol. The molecule has 4 heteroatoms. The Balaban J connectivity index is 2.81. The summed E-state index contributed by atoms with van der Waals surface area (Å²) in [5.74, 6) is 4.49. The van der Waals surface area contributed by atoms with Crippen LogP contribution in [0.5, 0.6) is 5.75 Å². The number of carbonyl (C=O) groups is 1. The number of hydrogen-bond acceptors (Lipinski definition) is 3. The van der Waals surface area contributed by atoms with Crippen LogP contribution in [0.2, 0.25) is 0 Å². The minimum atomic E-state index is -1.06. The number of aromatic hydroxyl groups is 1. The molecule has 0 spiro atoms. The summed E-state index contributed by atoms with van der Waals surface area (Å²) in [5.41, 5.74) is 0.499. The largest absolute Gasteiger partial charge is 0.507 e. The first-order chi connectivity index (χ1) is 7.65. The topological polar surface area (TPSA) is 69.6 Å². The summed E-state index contributed by atoms with van der Waals surface area (Å²) in [7, 11) is 1.83. The summed E-state index contributed by atoms with van der Waals surface area (Å²) in [5, 5.41) is 21.2. The second kappa shape index (κ2) is 5.79. The fraction of sp³-hybridized carbons (Fsp3) is 0.250. The van der Waals surface area contributed by atoms with Crippen LogP contribution in [0.1, 0.15) is 22.3 Å². The SMILES string of the molecule is CNCCC#Cc1ccc(C(=O)O)cc1O. The molecule has 0 saturated heterocycles. The van der Waals surface area contributed by atoms with Crippen LogP contribution in [-0.2, 0) is 0 Å². The van der Waals surface area contributed by atoms with Crippen molar-refractivity contribution in [2.75, 3.05) is 13.6 Å². The maximum absolute atomic E-state index is 10.6. The monoisotopic (exact) mass is 219 g/mol. The Hall–Kier alpha value is -1.99. The molecule has 16 heavy (non-hydrogen) atoms. The molecule has 0 bridgehead atoms. The van der Waals surface area contributed by atoms with Crippen LogP contribution in [-0.4, -0.2) is 29.8 Å². The van der Waals surface area contributed by atoms with Gasteiger partial charge in [-0.15, -0.1) is 0 Å². The molecule has 0 saturated carbocycles. The summed E-state index contributed by atoms with van der Waals surface area (Å²) < 4.78 is 0. The summed E-state index contributed by atoms with van der Waals surface area (Å²) in [4.78, 5) is 10.6. The second-order valence-electron chi connectivity index (χ2n) is 3.19.